The number of rotatable bonds is 8. The number of hydrogen-bond donors (Lipinski definition) is 3. The van der Waals surface area contributed by atoms with Crippen molar-refractivity contribution in [3.63, 3.8) is 0 Å². The number of amides is 3. The molecule has 0 heterocycles. The quantitative estimate of drug-likeness (QED) is 0.281. The van der Waals surface area contributed by atoms with E-state index in [0.29, 0.717) is 46.5 Å². The Hall–Kier alpha value is -2.37. The molecule has 6 heteroatoms. The van der Waals surface area contributed by atoms with Crippen LogP contribution in [0.4, 0.5) is 11.4 Å². The molecular weight excluding hydrogens is 534 g/mol. The standard InChI is InChI=1S/C37H59N3O3/c1-23(2)25-8-12-27(13-9-25)34(41)39-32-20-29(36(43)38-31-18-16-30(17-19-31)37(5,6)7)21-33(22-32)40-35(42)28-14-10-26(11-15-28)24(3)4/h20-28,30-31H,8-19H2,1-7H3,(H,38,43)(H,39,41)(H,40,42)/t25-,26-,27+,28+,30-,31+. The highest BCUT2D eigenvalue weighted by atomic mass is 16.2. The van der Waals surface area contributed by atoms with Crippen LogP contribution in [0.2, 0.25) is 0 Å². The number of carbonyl (C=O) groups is 3. The normalized spacial score (nSPS) is 28.4. The van der Waals surface area contributed by atoms with E-state index < -0.39 is 0 Å². The van der Waals surface area contributed by atoms with Crippen LogP contribution in [0, 0.1) is 46.8 Å². The summed E-state index contributed by atoms with van der Waals surface area (Å²) in [7, 11) is 0. The first-order chi connectivity index (χ1) is 20.3. The van der Waals surface area contributed by atoms with E-state index in [4.69, 9.17) is 0 Å². The lowest BCUT2D eigenvalue weighted by molar-refractivity contribution is -0.121. The molecule has 0 aromatic heterocycles. The van der Waals surface area contributed by atoms with Gasteiger partial charge >= 0.3 is 0 Å². The molecule has 3 aliphatic rings. The highest BCUT2D eigenvalue weighted by Gasteiger charge is 2.32. The van der Waals surface area contributed by atoms with Crippen molar-refractivity contribution in [3.8, 4) is 0 Å². The van der Waals surface area contributed by atoms with Crippen LogP contribution in [0.5, 0.6) is 0 Å². The number of benzene rings is 1. The summed E-state index contributed by atoms with van der Waals surface area (Å²) >= 11 is 0. The predicted molar refractivity (Wildman–Crippen MR) is 177 cm³/mol. The molecule has 3 saturated carbocycles. The fourth-order valence-corrected chi connectivity index (χ4v) is 7.86. The van der Waals surface area contributed by atoms with Crippen molar-refractivity contribution in [2.75, 3.05) is 10.6 Å². The van der Waals surface area contributed by atoms with E-state index in [9.17, 15) is 14.4 Å². The van der Waals surface area contributed by atoms with E-state index >= 15 is 0 Å². The molecule has 0 saturated heterocycles. The molecule has 0 unspecified atom stereocenters. The predicted octanol–water partition coefficient (Wildman–Crippen LogP) is 8.82. The van der Waals surface area contributed by atoms with Crippen molar-refractivity contribution >= 4 is 29.1 Å². The smallest absolute Gasteiger partial charge is 0.251 e. The van der Waals surface area contributed by atoms with Gasteiger partial charge in [-0.25, -0.2) is 0 Å². The summed E-state index contributed by atoms with van der Waals surface area (Å²) in [5, 5.41) is 9.50. The van der Waals surface area contributed by atoms with Gasteiger partial charge in [-0.2, -0.15) is 0 Å². The maximum Gasteiger partial charge on any atom is 0.251 e. The minimum atomic E-state index is -0.138. The van der Waals surface area contributed by atoms with Crippen molar-refractivity contribution in [1.82, 2.24) is 5.32 Å². The zero-order valence-electron chi connectivity index (χ0n) is 28.1. The fourth-order valence-electron chi connectivity index (χ4n) is 7.86. The molecule has 1 aromatic carbocycles. The summed E-state index contributed by atoms with van der Waals surface area (Å²) in [5.74, 6) is 3.21. The van der Waals surface area contributed by atoms with Gasteiger partial charge in [0.2, 0.25) is 11.8 Å². The molecule has 0 atom stereocenters. The molecular formula is C37H59N3O3. The third-order valence-corrected chi connectivity index (χ3v) is 11.2. The minimum absolute atomic E-state index is 0.0142. The summed E-state index contributed by atoms with van der Waals surface area (Å²) in [4.78, 5) is 40.2. The first-order valence-electron chi connectivity index (χ1n) is 17.4. The van der Waals surface area contributed by atoms with Gasteiger partial charge in [-0.05, 0) is 130 Å². The molecule has 3 N–H and O–H groups in total. The highest BCUT2D eigenvalue weighted by molar-refractivity contribution is 6.01. The van der Waals surface area contributed by atoms with Gasteiger partial charge in [0.15, 0.2) is 0 Å². The Morgan fingerprint density at radius 1 is 0.628 bits per heavy atom. The Kier molecular flexibility index (Phi) is 11.4. The van der Waals surface area contributed by atoms with Gasteiger partial charge in [0.25, 0.3) is 5.91 Å². The van der Waals surface area contributed by atoms with Crippen LogP contribution in [0.25, 0.3) is 0 Å². The number of hydrogen-bond acceptors (Lipinski definition) is 3. The van der Waals surface area contributed by atoms with Gasteiger partial charge in [-0.15, -0.1) is 0 Å². The van der Waals surface area contributed by atoms with Gasteiger partial charge in [0.05, 0.1) is 0 Å². The molecule has 6 nitrogen and oxygen atoms in total. The van der Waals surface area contributed by atoms with E-state index in [2.05, 4.69) is 64.4 Å². The van der Waals surface area contributed by atoms with Crippen molar-refractivity contribution < 1.29 is 14.4 Å². The van der Waals surface area contributed by atoms with E-state index in [1.165, 1.54) is 0 Å². The molecule has 3 fully saturated rings. The van der Waals surface area contributed by atoms with Crippen LogP contribution in [-0.2, 0) is 9.59 Å². The average Bonchev–Trinajstić information content (AvgIpc) is 2.97. The second kappa shape index (κ2) is 14.6. The van der Waals surface area contributed by atoms with Gasteiger partial charge in [-0.1, -0.05) is 48.5 Å². The van der Waals surface area contributed by atoms with E-state index in [1.54, 1.807) is 12.1 Å². The zero-order chi connectivity index (χ0) is 31.3. The molecule has 0 aliphatic heterocycles. The largest absolute Gasteiger partial charge is 0.349 e. The fraction of sp³-hybridized carbons (Fsp3) is 0.757. The van der Waals surface area contributed by atoms with E-state index in [0.717, 1.165) is 77.0 Å². The third kappa shape index (κ3) is 9.31. The van der Waals surface area contributed by atoms with E-state index in [-0.39, 0.29) is 41.0 Å². The molecule has 0 spiro atoms. The van der Waals surface area contributed by atoms with E-state index in [1.807, 2.05) is 6.07 Å². The SMILES string of the molecule is CC(C)[C@H]1CC[C@@H](C(=O)Nc2cc(NC(=O)[C@H]3CC[C@@H](C(C)C)CC3)cc(C(=O)N[C@H]3CC[C@@H](C(C)(C)C)CC3)c2)CC1. The van der Waals surface area contributed by atoms with Gasteiger partial charge in [-0.3, -0.25) is 14.4 Å². The number of nitrogens with one attached hydrogen (secondary N) is 3. The van der Waals surface area contributed by atoms with Crippen LogP contribution >= 0.6 is 0 Å². The summed E-state index contributed by atoms with van der Waals surface area (Å²) in [6.45, 7) is 16.0. The lowest BCUT2D eigenvalue weighted by Gasteiger charge is -2.37. The average molecular weight is 594 g/mol. The maximum atomic E-state index is 13.5. The minimum Gasteiger partial charge on any atom is -0.349 e. The lowest BCUT2D eigenvalue weighted by atomic mass is 9.71. The van der Waals surface area contributed by atoms with Gasteiger partial charge in [0.1, 0.15) is 0 Å². The third-order valence-electron chi connectivity index (χ3n) is 11.2. The molecule has 1 aromatic rings. The maximum absolute atomic E-state index is 13.5. The Morgan fingerprint density at radius 2 is 1.05 bits per heavy atom. The summed E-state index contributed by atoms with van der Waals surface area (Å²) in [6, 6.07) is 5.52. The van der Waals surface area contributed by atoms with Gasteiger partial charge < -0.3 is 16.0 Å². The zero-order valence-corrected chi connectivity index (χ0v) is 28.1. The second-order valence-electron chi connectivity index (χ2n) is 15.9. The van der Waals surface area contributed by atoms with Crippen LogP contribution in [0.15, 0.2) is 18.2 Å². The van der Waals surface area contributed by atoms with Crippen LogP contribution in [0.1, 0.15) is 136 Å². The van der Waals surface area contributed by atoms with Gasteiger partial charge in [0, 0.05) is 34.8 Å². The molecule has 3 aliphatic carbocycles. The summed E-state index contributed by atoms with van der Waals surface area (Å²) in [6.07, 6.45) is 12.1. The summed E-state index contributed by atoms with van der Waals surface area (Å²) in [5.41, 5.74) is 1.94. The summed E-state index contributed by atoms with van der Waals surface area (Å²) < 4.78 is 0. The molecule has 4 rings (SSSR count). The van der Waals surface area contributed by atoms with Crippen LogP contribution in [0.3, 0.4) is 0 Å². The molecule has 0 radical (unpaired) electrons. The Bertz CT molecular complexity index is 1040. The van der Waals surface area contributed by atoms with Crippen molar-refractivity contribution in [3.05, 3.63) is 23.8 Å². The van der Waals surface area contributed by atoms with Crippen molar-refractivity contribution in [2.24, 2.45) is 46.8 Å². The Labute approximate surface area is 261 Å². The van der Waals surface area contributed by atoms with Crippen LogP contribution < -0.4 is 16.0 Å². The Morgan fingerprint density at radius 3 is 1.42 bits per heavy atom. The first kappa shape index (κ1) is 33.5. The molecule has 43 heavy (non-hydrogen) atoms. The first-order valence-corrected chi connectivity index (χ1v) is 17.4. The van der Waals surface area contributed by atoms with Crippen molar-refractivity contribution in [1.29, 1.82) is 0 Å². The molecule has 0 bridgehead atoms. The molecule has 3 amide bonds. The number of anilines is 2. The van der Waals surface area contributed by atoms with Crippen LogP contribution in [-0.4, -0.2) is 23.8 Å². The Balaban J connectivity index is 1.45. The molecule has 240 valence electrons. The monoisotopic (exact) mass is 593 g/mol. The second-order valence-corrected chi connectivity index (χ2v) is 15.9. The number of carbonyl (C=O) groups excluding carboxylic acids is 3. The highest BCUT2D eigenvalue weighted by Crippen LogP contribution is 2.38. The van der Waals surface area contributed by atoms with Crippen molar-refractivity contribution in [2.45, 2.75) is 132 Å². The lowest BCUT2D eigenvalue weighted by Crippen LogP contribution is -2.39. The topological polar surface area (TPSA) is 87.3 Å².